The first kappa shape index (κ1) is 30.4. The molecule has 0 spiro atoms. The van der Waals surface area contributed by atoms with Crippen LogP contribution in [0, 0.1) is 17.9 Å². The van der Waals surface area contributed by atoms with Crippen LogP contribution in [0.4, 0.5) is 5.69 Å². The molecule has 0 saturated carbocycles. The van der Waals surface area contributed by atoms with Crippen LogP contribution in [0.2, 0.25) is 0 Å². The molecule has 4 aromatic heterocycles. The lowest BCUT2D eigenvalue weighted by Gasteiger charge is -2.11. The number of nitriles is 1. The summed E-state index contributed by atoms with van der Waals surface area (Å²) in [5, 5.41) is 18.8. The molecule has 56 heavy (non-hydrogen) atoms. The van der Waals surface area contributed by atoms with Gasteiger partial charge in [0.25, 0.3) is 0 Å². The number of rotatable bonds is 3. The van der Waals surface area contributed by atoms with Crippen molar-refractivity contribution in [2.75, 3.05) is 0 Å². The summed E-state index contributed by atoms with van der Waals surface area (Å²) in [4.78, 5) is 3.90. The monoisotopic (exact) mass is 714 g/mol. The van der Waals surface area contributed by atoms with Crippen molar-refractivity contribution < 1.29 is 8.83 Å². The first-order chi connectivity index (χ1) is 27.7. The van der Waals surface area contributed by atoms with Gasteiger partial charge in [-0.25, -0.2) is 4.85 Å². The highest BCUT2D eigenvalue weighted by Gasteiger charge is 2.21. The van der Waals surface area contributed by atoms with E-state index in [-0.39, 0.29) is 0 Å². The van der Waals surface area contributed by atoms with Gasteiger partial charge in [0.1, 0.15) is 28.4 Å². The largest absolute Gasteiger partial charge is 0.456 e. The Bertz CT molecular complexity index is 3500. The van der Waals surface area contributed by atoms with Crippen molar-refractivity contribution in [1.29, 1.82) is 5.26 Å². The second kappa shape index (κ2) is 11.2. The summed E-state index contributed by atoms with van der Waals surface area (Å²) in [7, 11) is 0. The van der Waals surface area contributed by atoms with E-state index in [0.29, 0.717) is 11.3 Å². The number of benzene rings is 8. The topological polar surface area (TPSA) is 64.3 Å². The van der Waals surface area contributed by atoms with E-state index in [1.54, 1.807) is 0 Å². The number of furan rings is 2. The molecule has 0 amide bonds. The SMILES string of the molecule is [C-]#[N+]c1ccccc1-n1c2ccc(-c3ccc4c(c3)c3cc5c(cc3n4-c3ccccc3C#N)oc3ccccc35)cc2c2cc3c(cc21)oc1ccccc13. The van der Waals surface area contributed by atoms with Crippen molar-refractivity contribution in [2.24, 2.45) is 0 Å². The number of para-hydroxylation sites is 5. The van der Waals surface area contributed by atoms with E-state index in [0.717, 1.165) is 110 Å². The summed E-state index contributed by atoms with van der Waals surface area (Å²) in [6, 6.07) is 56.1. The molecule has 0 aliphatic heterocycles. The van der Waals surface area contributed by atoms with Gasteiger partial charge in [-0.05, 0) is 77.9 Å². The van der Waals surface area contributed by atoms with Crippen molar-refractivity contribution in [2.45, 2.75) is 0 Å². The molecule has 0 radical (unpaired) electrons. The minimum absolute atomic E-state index is 0.583. The summed E-state index contributed by atoms with van der Waals surface area (Å²) in [6.07, 6.45) is 0. The highest BCUT2D eigenvalue weighted by atomic mass is 16.3. The summed E-state index contributed by atoms with van der Waals surface area (Å²) >= 11 is 0. The van der Waals surface area contributed by atoms with E-state index >= 15 is 0 Å². The smallest absolute Gasteiger partial charge is 0.210 e. The maximum Gasteiger partial charge on any atom is 0.210 e. The molecule has 6 heteroatoms. The lowest BCUT2D eigenvalue weighted by Crippen LogP contribution is -1.97. The number of fused-ring (bicyclic) bond motifs is 12. The first-order valence-corrected chi connectivity index (χ1v) is 18.4. The molecule has 258 valence electrons. The Balaban J connectivity index is 1.14. The molecule has 0 aliphatic carbocycles. The van der Waals surface area contributed by atoms with Crippen LogP contribution in [0.15, 0.2) is 167 Å². The second-order valence-corrected chi connectivity index (χ2v) is 14.3. The molecule has 6 nitrogen and oxygen atoms in total. The third kappa shape index (κ3) is 4.13. The highest BCUT2D eigenvalue weighted by Crippen LogP contribution is 2.43. The van der Waals surface area contributed by atoms with Gasteiger partial charge in [0.05, 0.1) is 45.6 Å². The zero-order valence-corrected chi connectivity index (χ0v) is 29.6. The minimum Gasteiger partial charge on any atom is -0.456 e. The van der Waals surface area contributed by atoms with E-state index < -0.39 is 0 Å². The van der Waals surface area contributed by atoms with Crippen LogP contribution in [0.1, 0.15) is 5.56 Å². The van der Waals surface area contributed by atoms with Crippen molar-refractivity contribution >= 4 is 93.2 Å². The van der Waals surface area contributed by atoms with Gasteiger partial charge in [0.2, 0.25) is 5.69 Å². The quantitative estimate of drug-likeness (QED) is 0.171. The number of nitrogens with zero attached hydrogens (tertiary/aromatic N) is 4. The summed E-state index contributed by atoms with van der Waals surface area (Å²) in [5.41, 5.74) is 12.2. The van der Waals surface area contributed by atoms with Crippen molar-refractivity contribution in [1.82, 2.24) is 9.13 Å². The Morgan fingerprint density at radius 2 is 0.911 bits per heavy atom. The zero-order chi connectivity index (χ0) is 37.1. The average Bonchev–Trinajstić information content (AvgIpc) is 3.98. The molecule has 0 saturated heterocycles. The van der Waals surface area contributed by atoms with Crippen LogP contribution in [0.3, 0.4) is 0 Å². The van der Waals surface area contributed by atoms with Crippen LogP contribution >= 0.6 is 0 Å². The van der Waals surface area contributed by atoms with Crippen molar-refractivity contribution in [3.8, 4) is 28.6 Å². The third-order valence-corrected chi connectivity index (χ3v) is 11.4. The maximum absolute atomic E-state index is 10.2. The fraction of sp³-hybridized carbons (Fsp3) is 0. The Hall–Kier alpha value is -8.06. The van der Waals surface area contributed by atoms with Crippen LogP contribution in [0.25, 0.3) is 115 Å². The van der Waals surface area contributed by atoms with Gasteiger partial charge in [0.15, 0.2) is 0 Å². The molecule has 4 heterocycles. The van der Waals surface area contributed by atoms with Crippen LogP contribution in [-0.2, 0) is 0 Å². The predicted octanol–water partition coefficient (Wildman–Crippen LogP) is 13.8. The Morgan fingerprint density at radius 3 is 1.48 bits per heavy atom. The van der Waals surface area contributed by atoms with Gasteiger partial charge in [0, 0.05) is 55.2 Å². The zero-order valence-electron chi connectivity index (χ0n) is 29.6. The van der Waals surface area contributed by atoms with E-state index in [4.69, 9.17) is 15.4 Å². The molecule has 0 fully saturated rings. The van der Waals surface area contributed by atoms with Gasteiger partial charge in [-0.3, -0.25) is 0 Å². The lowest BCUT2D eigenvalue weighted by atomic mass is 10.00. The van der Waals surface area contributed by atoms with Crippen molar-refractivity contribution in [3.63, 3.8) is 0 Å². The van der Waals surface area contributed by atoms with Crippen molar-refractivity contribution in [3.05, 3.63) is 175 Å². The first-order valence-electron chi connectivity index (χ1n) is 18.4. The Kier molecular flexibility index (Phi) is 6.10. The average molecular weight is 715 g/mol. The summed E-state index contributed by atoms with van der Waals surface area (Å²) in [6.45, 7) is 8.00. The van der Waals surface area contributed by atoms with Crippen LogP contribution < -0.4 is 0 Å². The molecule has 0 aliphatic rings. The standard InChI is InChI=1S/C50H26N4O2/c1-52-40-13-5-7-15-44(40)54-43-21-19-30(23-35(43)37-25-39-33-12-4-9-17-48(33)56-50(39)27-46(37)54)29-18-20-42-34(22-29)36-24-38-32-11-3-8-16-47(32)55-49(38)26-45(36)53(42)41-14-6-2-10-31(41)28-51/h2-27H. The second-order valence-electron chi connectivity index (χ2n) is 14.3. The van der Waals surface area contributed by atoms with Crippen LogP contribution in [0.5, 0.6) is 0 Å². The summed E-state index contributed by atoms with van der Waals surface area (Å²) in [5.74, 6) is 0. The molecule has 12 aromatic rings. The summed E-state index contributed by atoms with van der Waals surface area (Å²) < 4.78 is 17.1. The molecular formula is C50H26N4O2. The van der Waals surface area contributed by atoms with E-state index in [9.17, 15) is 5.26 Å². The number of hydrogen-bond acceptors (Lipinski definition) is 3. The molecule has 12 rings (SSSR count). The lowest BCUT2D eigenvalue weighted by molar-refractivity contribution is 0.669. The number of aromatic nitrogens is 2. The van der Waals surface area contributed by atoms with E-state index in [1.807, 2.05) is 84.9 Å². The van der Waals surface area contributed by atoms with E-state index in [2.05, 4.69) is 92.8 Å². The van der Waals surface area contributed by atoms with Gasteiger partial charge in [-0.2, -0.15) is 5.26 Å². The minimum atomic E-state index is 0.583. The molecule has 0 atom stereocenters. The molecule has 8 aromatic carbocycles. The van der Waals surface area contributed by atoms with Gasteiger partial charge >= 0.3 is 0 Å². The van der Waals surface area contributed by atoms with E-state index in [1.165, 1.54) is 0 Å². The normalized spacial score (nSPS) is 11.9. The number of hydrogen-bond donors (Lipinski definition) is 0. The molecular weight excluding hydrogens is 689 g/mol. The van der Waals surface area contributed by atoms with Gasteiger partial charge in [-0.15, -0.1) is 0 Å². The highest BCUT2D eigenvalue weighted by molar-refractivity contribution is 6.20. The van der Waals surface area contributed by atoms with Gasteiger partial charge < -0.3 is 18.0 Å². The molecule has 0 unspecified atom stereocenters. The Labute approximate surface area is 318 Å². The fourth-order valence-electron chi connectivity index (χ4n) is 8.86. The molecule has 0 N–H and O–H groups in total. The fourth-order valence-corrected chi connectivity index (χ4v) is 8.86. The third-order valence-electron chi connectivity index (χ3n) is 11.4. The maximum atomic E-state index is 10.2. The molecule has 0 bridgehead atoms. The van der Waals surface area contributed by atoms with Gasteiger partial charge in [-0.1, -0.05) is 78.9 Å². The van der Waals surface area contributed by atoms with Crippen LogP contribution in [-0.4, -0.2) is 9.13 Å². The predicted molar refractivity (Wildman–Crippen MR) is 226 cm³/mol. The Morgan fingerprint density at radius 1 is 0.429 bits per heavy atom.